The summed E-state index contributed by atoms with van der Waals surface area (Å²) in [6, 6.07) is 0. The average Bonchev–Trinajstić information content (AvgIpc) is 2.33. The molecule has 1 saturated heterocycles. The summed E-state index contributed by atoms with van der Waals surface area (Å²) in [4.78, 5) is 7.17. The van der Waals surface area contributed by atoms with Crippen LogP contribution in [0, 0.1) is 5.92 Å². The lowest BCUT2D eigenvalue weighted by atomic mass is 10.0. The summed E-state index contributed by atoms with van der Waals surface area (Å²) in [6.07, 6.45) is 6.45. The van der Waals surface area contributed by atoms with Gasteiger partial charge in [0.15, 0.2) is 5.96 Å². The Bertz CT molecular complexity index is 226. The monoisotopic (exact) mass is 239 g/mol. The Hall–Kier alpha value is -0.730. The minimum Gasteiger partial charge on any atom is -0.357 e. The molecule has 0 aromatic heterocycles. The summed E-state index contributed by atoms with van der Waals surface area (Å²) in [5, 5.41) is 3.43. The molecule has 3 nitrogen and oxygen atoms in total. The van der Waals surface area contributed by atoms with Gasteiger partial charge in [-0.05, 0) is 32.1 Å². The van der Waals surface area contributed by atoms with Gasteiger partial charge in [-0.15, -0.1) is 0 Å². The summed E-state index contributed by atoms with van der Waals surface area (Å²) < 4.78 is 0. The van der Waals surface area contributed by atoms with Gasteiger partial charge in [-0.1, -0.05) is 26.7 Å². The Kier molecular flexibility index (Phi) is 7.06. The number of hydrogen-bond donors (Lipinski definition) is 1. The van der Waals surface area contributed by atoms with Crippen molar-refractivity contribution in [1.82, 2.24) is 10.2 Å². The van der Waals surface area contributed by atoms with Gasteiger partial charge in [0.25, 0.3) is 0 Å². The zero-order valence-electron chi connectivity index (χ0n) is 11.8. The molecule has 1 heterocycles. The van der Waals surface area contributed by atoms with Gasteiger partial charge in [0.2, 0.25) is 0 Å². The highest BCUT2D eigenvalue weighted by atomic mass is 15.3. The van der Waals surface area contributed by atoms with Crippen LogP contribution in [0.2, 0.25) is 0 Å². The quantitative estimate of drug-likeness (QED) is 0.454. The van der Waals surface area contributed by atoms with Crippen molar-refractivity contribution in [1.29, 1.82) is 0 Å². The van der Waals surface area contributed by atoms with E-state index in [2.05, 4.69) is 31.0 Å². The summed E-state index contributed by atoms with van der Waals surface area (Å²) in [5.74, 6) is 1.94. The third kappa shape index (κ3) is 5.42. The molecule has 1 fully saturated rings. The maximum atomic E-state index is 4.74. The Balaban J connectivity index is 2.45. The van der Waals surface area contributed by atoms with E-state index in [1.165, 1.54) is 45.2 Å². The lowest BCUT2D eigenvalue weighted by Gasteiger charge is -2.33. The second-order valence-corrected chi connectivity index (χ2v) is 5.14. The molecule has 0 bridgehead atoms. The molecule has 3 heteroatoms. The van der Waals surface area contributed by atoms with Crippen LogP contribution < -0.4 is 5.32 Å². The van der Waals surface area contributed by atoms with E-state index in [9.17, 15) is 0 Å². The SMILES string of the molecule is CCCCCN=C(NCC)N1CCCC(C)C1. The van der Waals surface area contributed by atoms with Gasteiger partial charge in [-0.3, -0.25) is 4.99 Å². The molecule has 0 aromatic carbocycles. The molecule has 1 rings (SSSR count). The first-order valence-corrected chi connectivity index (χ1v) is 7.31. The van der Waals surface area contributed by atoms with Crippen LogP contribution in [-0.2, 0) is 0 Å². The Morgan fingerprint density at radius 1 is 1.35 bits per heavy atom. The fourth-order valence-electron chi connectivity index (χ4n) is 2.35. The van der Waals surface area contributed by atoms with Crippen molar-refractivity contribution in [3.63, 3.8) is 0 Å². The maximum absolute atomic E-state index is 4.74. The maximum Gasteiger partial charge on any atom is 0.193 e. The molecule has 0 aliphatic carbocycles. The van der Waals surface area contributed by atoms with Gasteiger partial charge in [-0.2, -0.15) is 0 Å². The lowest BCUT2D eigenvalue weighted by Crippen LogP contribution is -2.46. The molecular weight excluding hydrogens is 210 g/mol. The standard InChI is InChI=1S/C14H29N3/c1-4-6-7-10-16-14(15-5-2)17-11-8-9-13(3)12-17/h13H,4-12H2,1-3H3,(H,15,16). The molecule has 100 valence electrons. The van der Waals surface area contributed by atoms with Crippen LogP contribution in [0.3, 0.4) is 0 Å². The summed E-state index contributed by atoms with van der Waals surface area (Å²) in [5.41, 5.74) is 0. The minimum atomic E-state index is 0.809. The largest absolute Gasteiger partial charge is 0.357 e. The van der Waals surface area contributed by atoms with E-state index in [-0.39, 0.29) is 0 Å². The van der Waals surface area contributed by atoms with Gasteiger partial charge < -0.3 is 10.2 Å². The third-order valence-corrected chi connectivity index (χ3v) is 3.31. The number of guanidine groups is 1. The minimum absolute atomic E-state index is 0.809. The average molecular weight is 239 g/mol. The molecule has 17 heavy (non-hydrogen) atoms. The van der Waals surface area contributed by atoms with Crippen molar-refractivity contribution < 1.29 is 0 Å². The zero-order valence-corrected chi connectivity index (χ0v) is 11.8. The lowest BCUT2D eigenvalue weighted by molar-refractivity contribution is 0.266. The number of nitrogens with one attached hydrogen (secondary N) is 1. The van der Waals surface area contributed by atoms with Crippen molar-refractivity contribution >= 4 is 5.96 Å². The molecule has 1 atom stereocenters. The molecule has 1 aliphatic heterocycles. The summed E-state index contributed by atoms with van der Waals surface area (Å²) in [7, 11) is 0. The molecule has 0 amide bonds. The van der Waals surface area contributed by atoms with Gasteiger partial charge in [0.05, 0.1) is 0 Å². The summed E-state index contributed by atoms with van der Waals surface area (Å²) >= 11 is 0. The van der Waals surface area contributed by atoms with Crippen LogP contribution in [0.25, 0.3) is 0 Å². The third-order valence-electron chi connectivity index (χ3n) is 3.31. The van der Waals surface area contributed by atoms with Crippen molar-refractivity contribution in [3.8, 4) is 0 Å². The fourth-order valence-corrected chi connectivity index (χ4v) is 2.35. The number of piperidine rings is 1. The van der Waals surface area contributed by atoms with Crippen molar-refractivity contribution in [2.24, 2.45) is 10.9 Å². The van der Waals surface area contributed by atoms with Crippen molar-refractivity contribution in [2.45, 2.75) is 52.9 Å². The molecule has 0 saturated carbocycles. The molecule has 1 unspecified atom stereocenters. The first-order chi connectivity index (χ1) is 8.27. The first-order valence-electron chi connectivity index (χ1n) is 7.31. The number of nitrogens with zero attached hydrogens (tertiary/aromatic N) is 2. The number of rotatable bonds is 5. The number of hydrogen-bond acceptors (Lipinski definition) is 1. The summed E-state index contributed by atoms with van der Waals surface area (Å²) in [6.45, 7) is 11.0. The van der Waals surface area contributed by atoms with Gasteiger partial charge in [0.1, 0.15) is 0 Å². The normalized spacial score (nSPS) is 21.7. The van der Waals surface area contributed by atoms with Crippen LogP contribution in [0.5, 0.6) is 0 Å². The van der Waals surface area contributed by atoms with Crippen LogP contribution in [0.15, 0.2) is 4.99 Å². The Morgan fingerprint density at radius 3 is 2.82 bits per heavy atom. The van der Waals surface area contributed by atoms with Crippen molar-refractivity contribution in [2.75, 3.05) is 26.2 Å². The van der Waals surface area contributed by atoms with E-state index >= 15 is 0 Å². The van der Waals surface area contributed by atoms with Crippen molar-refractivity contribution in [3.05, 3.63) is 0 Å². The number of likely N-dealkylation sites (tertiary alicyclic amines) is 1. The predicted octanol–water partition coefficient (Wildman–Crippen LogP) is 2.87. The van der Waals surface area contributed by atoms with Crippen LogP contribution in [-0.4, -0.2) is 37.0 Å². The van der Waals surface area contributed by atoms with Gasteiger partial charge in [-0.25, -0.2) is 0 Å². The molecule has 0 spiro atoms. The van der Waals surface area contributed by atoms with E-state index in [4.69, 9.17) is 4.99 Å². The van der Waals surface area contributed by atoms with Crippen LogP contribution in [0.1, 0.15) is 52.9 Å². The van der Waals surface area contributed by atoms with E-state index < -0.39 is 0 Å². The van der Waals surface area contributed by atoms with Crippen LogP contribution in [0.4, 0.5) is 0 Å². The highest BCUT2D eigenvalue weighted by Gasteiger charge is 2.18. The highest BCUT2D eigenvalue weighted by molar-refractivity contribution is 5.80. The van der Waals surface area contributed by atoms with E-state index in [1.807, 2.05) is 0 Å². The highest BCUT2D eigenvalue weighted by Crippen LogP contribution is 2.15. The predicted molar refractivity (Wildman–Crippen MR) is 75.5 cm³/mol. The molecule has 1 N–H and O–H groups in total. The van der Waals surface area contributed by atoms with Crippen LogP contribution >= 0.6 is 0 Å². The van der Waals surface area contributed by atoms with E-state index in [1.54, 1.807) is 0 Å². The second-order valence-electron chi connectivity index (χ2n) is 5.14. The Labute approximate surface area is 107 Å². The fraction of sp³-hybridized carbons (Fsp3) is 0.929. The van der Waals surface area contributed by atoms with Gasteiger partial charge in [0, 0.05) is 26.2 Å². The van der Waals surface area contributed by atoms with E-state index in [0.717, 1.165) is 25.0 Å². The smallest absolute Gasteiger partial charge is 0.193 e. The van der Waals surface area contributed by atoms with E-state index in [0.29, 0.717) is 0 Å². The zero-order chi connectivity index (χ0) is 12.5. The molecular formula is C14H29N3. The molecule has 0 radical (unpaired) electrons. The second kappa shape index (κ2) is 8.37. The topological polar surface area (TPSA) is 27.6 Å². The van der Waals surface area contributed by atoms with Gasteiger partial charge >= 0.3 is 0 Å². The first kappa shape index (κ1) is 14.3. The molecule has 0 aromatic rings. The number of unbranched alkanes of at least 4 members (excludes halogenated alkanes) is 2. The number of aliphatic imine (C=N–C) groups is 1. The Morgan fingerprint density at radius 2 is 2.18 bits per heavy atom. The molecule has 1 aliphatic rings.